The van der Waals surface area contributed by atoms with Gasteiger partial charge in [-0.1, -0.05) is 12.8 Å². The van der Waals surface area contributed by atoms with E-state index in [0.29, 0.717) is 6.04 Å². The van der Waals surface area contributed by atoms with Crippen LogP contribution in [0.2, 0.25) is 0 Å². The first kappa shape index (κ1) is 12.3. The molecule has 0 saturated carbocycles. The number of hydrogen-bond donors (Lipinski definition) is 1. The van der Waals surface area contributed by atoms with Gasteiger partial charge in [0.1, 0.15) is 0 Å². The van der Waals surface area contributed by atoms with Crippen molar-refractivity contribution in [3.05, 3.63) is 0 Å². The Morgan fingerprint density at radius 2 is 1.79 bits per heavy atom. The predicted molar refractivity (Wildman–Crippen MR) is 64.8 cm³/mol. The van der Waals surface area contributed by atoms with Crippen LogP contribution in [0.5, 0.6) is 0 Å². The van der Waals surface area contributed by atoms with Gasteiger partial charge in [0, 0.05) is 19.1 Å². The van der Waals surface area contributed by atoms with Crippen LogP contribution in [0.1, 0.15) is 12.8 Å². The summed E-state index contributed by atoms with van der Waals surface area (Å²) in [5.41, 5.74) is 0. The highest BCUT2D eigenvalue weighted by atomic mass is 32.1. The molecule has 1 saturated heterocycles. The lowest BCUT2D eigenvalue weighted by Crippen LogP contribution is -2.42. The molecule has 3 nitrogen and oxygen atoms in total. The van der Waals surface area contributed by atoms with Crippen LogP contribution in [0.15, 0.2) is 0 Å². The van der Waals surface area contributed by atoms with Crippen molar-refractivity contribution in [2.24, 2.45) is 0 Å². The quantitative estimate of drug-likeness (QED) is 0.698. The van der Waals surface area contributed by atoms with Crippen molar-refractivity contribution in [1.29, 1.82) is 0 Å². The van der Waals surface area contributed by atoms with E-state index >= 15 is 0 Å². The van der Waals surface area contributed by atoms with Gasteiger partial charge in [0.2, 0.25) is 0 Å². The van der Waals surface area contributed by atoms with E-state index < -0.39 is 0 Å². The van der Waals surface area contributed by atoms with Gasteiger partial charge in [0.05, 0.1) is 0 Å². The average molecular weight is 217 g/mol. The highest BCUT2D eigenvalue weighted by Crippen LogP contribution is 2.15. The van der Waals surface area contributed by atoms with Gasteiger partial charge in [0.25, 0.3) is 0 Å². The zero-order valence-corrected chi connectivity index (χ0v) is 10.5. The SMILES string of the molecule is CN(C)CCN1CCC(N(C)S)CC1. The van der Waals surface area contributed by atoms with E-state index in [1.807, 2.05) is 0 Å². The lowest BCUT2D eigenvalue weighted by molar-refractivity contribution is 0.164. The second kappa shape index (κ2) is 5.95. The van der Waals surface area contributed by atoms with Crippen LogP contribution >= 0.6 is 12.8 Å². The number of piperidine rings is 1. The molecule has 0 atom stereocenters. The van der Waals surface area contributed by atoms with Gasteiger partial charge < -0.3 is 9.80 Å². The van der Waals surface area contributed by atoms with Crippen molar-refractivity contribution < 1.29 is 0 Å². The molecule has 0 aromatic rings. The van der Waals surface area contributed by atoms with Crippen molar-refractivity contribution in [1.82, 2.24) is 14.1 Å². The minimum Gasteiger partial charge on any atom is -0.308 e. The number of thiol groups is 1. The Kier molecular flexibility index (Phi) is 5.23. The molecule has 0 bridgehead atoms. The van der Waals surface area contributed by atoms with Crippen molar-refractivity contribution in [2.75, 3.05) is 47.3 Å². The monoisotopic (exact) mass is 217 g/mol. The van der Waals surface area contributed by atoms with Crippen molar-refractivity contribution in [3.8, 4) is 0 Å². The summed E-state index contributed by atoms with van der Waals surface area (Å²) in [5, 5.41) is 0. The molecule has 0 N–H and O–H groups in total. The Morgan fingerprint density at radius 1 is 1.21 bits per heavy atom. The van der Waals surface area contributed by atoms with Crippen LogP contribution in [0, 0.1) is 0 Å². The Hall–Kier alpha value is 0.230. The van der Waals surface area contributed by atoms with E-state index in [0.717, 1.165) is 0 Å². The molecule has 0 unspecified atom stereocenters. The lowest BCUT2D eigenvalue weighted by atomic mass is 10.1. The molecule has 0 radical (unpaired) electrons. The van der Waals surface area contributed by atoms with E-state index in [4.69, 9.17) is 0 Å². The maximum atomic E-state index is 4.36. The summed E-state index contributed by atoms with van der Waals surface area (Å²) in [6, 6.07) is 0.675. The molecule has 0 aliphatic carbocycles. The average Bonchev–Trinajstić information content (AvgIpc) is 2.15. The van der Waals surface area contributed by atoms with Crippen LogP contribution in [0.4, 0.5) is 0 Å². The highest BCUT2D eigenvalue weighted by Gasteiger charge is 2.20. The fourth-order valence-corrected chi connectivity index (χ4v) is 2.09. The third-order valence-electron chi connectivity index (χ3n) is 2.95. The molecule has 4 heteroatoms. The molecule has 0 aromatic heterocycles. The first-order valence-corrected chi connectivity index (χ1v) is 5.78. The van der Waals surface area contributed by atoms with E-state index in [9.17, 15) is 0 Å². The van der Waals surface area contributed by atoms with Crippen molar-refractivity contribution >= 4 is 12.8 Å². The molecule has 1 fully saturated rings. The van der Waals surface area contributed by atoms with Crippen LogP contribution in [-0.4, -0.2) is 67.5 Å². The summed E-state index contributed by atoms with van der Waals surface area (Å²) in [5.74, 6) is 0. The predicted octanol–water partition coefficient (Wildman–Crippen LogP) is 0.789. The summed E-state index contributed by atoms with van der Waals surface area (Å²) in [6.45, 7) is 4.82. The molecule has 1 aliphatic rings. The van der Waals surface area contributed by atoms with Gasteiger partial charge in [-0.15, -0.1) is 0 Å². The standard InChI is InChI=1S/C10H23N3S/c1-11(2)8-9-13-6-4-10(5-7-13)12(3)14/h10,14H,4-9H2,1-3H3. The third kappa shape index (κ3) is 4.17. The van der Waals surface area contributed by atoms with E-state index in [1.165, 1.54) is 39.0 Å². The highest BCUT2D eigenvalue weighted by molar-refractivity contribution is 7.77. The fraction of sp³-hybridized carbons (Fsp3) is 1.00. The lowest BCUT2D eigenvalue weighted by Gasteiger charge is -2.34. The summed E-state index contributed by atoms with van der Waals surface area (Å²) in [4.78, 5) is 4.80. The maximum absolute atomic E-state index is 4.36. The summed E-state index contributed by atoms with van der Waals surface area (Å²) in [6.07, 6.45) is 2.51. The third-order valence-corrected chi connectivity index (χ3v) is 3.28. The largest absolute Gasteiger partial charge is 0.308 e. The Bertz CT molecular complexity index is 153. The zero-order chi connectivity index (χ0) is 10.6. The number of likely N-dealkylation sites (tertiary alicyclic amines) is 1. The molecule has 0 aromatic carbocycles. The molecule has 14 heavy (non-hydrogen) atoms. The topological polar surface area (TPSA) is 9.72 Å². The molecule has 1 rings (SSSR count). The molecule has 0 spiro atoms. The molecule has 84 valence electrons. The molecule has 1 heterocycles. The van der Waals surface area contributed by atoms with E-state index in [-0.39, 0.29) is 0 Å². The van der Waals surface area contributed by atoms with Crippen LogP contribution in [0.25, 0.3) is 0 Å². The summed E-state index contributed by atoms with van der Waals surface area (Å²) < 4.78 is 2.06. The van der Waals surface area contributed by atoms with Gasteiger partial charge in [0.15, 0.2) is 0 Å². The first-order chi connectivity index (χ1) is 6.59. The number of hydrogen-bond acceptors (Lipinski definition) is 4. The summed E-state index contributed by atoms with van der Waals surface area (Å²) >= 11 is 4.36. The van der Waals surface area contributed by atoms with Crippen molar-refractivity contribution in [2.45, 2.75) is 18.9 Å². The minimum absolute atomic E-state index is 0.675. The van der Waals surface area contributed by atoms with Gasteiger partial charge in [-0.3, -0.25) is 4.31 Å². The minimum atomic E-state index is 0.675. The number of rotatable bonds is 4. The van der Waals surface area contributed by atoms with Crippen LogP contribution in [0.3, 0.4) is 0 Å². The Labute approximate surface area is 93.6 Å². The molecule has 1 aliphatic heterocycles. The molecular formula is C10H23N3S. The number of nitrogens with zero attached hydrogens (tertiary/aromatic N) is 3. The zero-order valence-electron chi connectivity index (χ0n) is 9.61. The normalized spacial score (nSPS) is 21.0. The van der Waals surface area contributed by atoms with E-state index in [2.05, 4.69) is 48.1 Å². The van der Waals surface area contributed by atoms with Crippen LogP contribution in [-0.2, 0) is 0 Å². The van der Waals surface area contributed by atoms with Crippen LogP contribution < -0.4 is 0 Å². The van der Waals surface area contributed by atoms with Gasteiger partial charge in [-0.2, -0.15) is 0 Å². The van der Waals surface area contributed by atoms with E-state index in [1.54, 1.807) is 0 Å². The van der Waals surface area contributed by atoms with Crippen molar-refractivity contribution in [3.63, 3.8) is 0 Å². The second-order valence-electron chi connectivity index (χ2n) is 4.45. The Morgan fingerprint density at radius 3 is 2.21 bits per heavy atom. The van der Waals surface area contributed by atoms with Gasteiger partial charge in [-0.05, 0) is 47.1 Å². The van der Waals surface area contributed by atoms with Gasteiger partial charge >= 0.3 is 0 Å². The Balaban J connectivity index is 2.16. The maximum Gasteiger partial charge on any atom is 0.0221 e. The second-order valence-corrected chi connectivity index (χ2v) is 5.08. The summed E-state index contributed by atoms with van der Waals surface area (Å²) in [7, 11) is 6.33. The fourth-order valence-electron chi connectivity index (χ4n) is 1.86. The smallest absolute Gasteiger partial charge is 0.0221 e. The number of likely N-dealkylation sites (N-methyl/N-ethyl adjacent to an activating group) is 1. The van der Waals surface area contributed by atoms with Gasteiger partial charge in [-0.25, -0.2) is 0 Å². The molecule has 0 amide bonds. The first-order valence-electron chi connectivity index (χ1n) is 5.38. The molecular weight excluding hydrogens is 194 g/mol.